The molecule has 0 bridgehead atoms. The van der Waals surface area contributed by atoms with E-state index in [1.54, 1.807) is 12.5 Å². The molecule has 1 N–H and O–H groups in total. The summed E-state index contributed by atoms with van der Waals surface area (Å²) in [6.45, 7) is 5.39. The molecule has 0 amide bonds. The van der Waals surface area contributed by atoms with E-state index < -0.39 is 12.0 Å². The van der Waals surface area contributed by atoms with Crippen LogP contribution < -0.4 is 0 Å². The summed E-state index contributed by atoms with van der Waals surface area (Å²) in [4.78, 5) is 16.9. The summed E-state index contributed by atoms with van der Waals surface area (Å²) in [6, 6.07) is -0.430. The molecule has 0 aliphatic heterocycles. The number of hydrogen-bond acceptors (Lipinski definition) is 3. The van der Waals surface area contributed by atoms with Crippen LogP contribution in [0, 0.1) is 0 Å². The highest BCUT2D eigenvalue weighted by Crippen LogP contribution is 2.08. The summed E-state index contributed by atoms with van der Waals surface area (Å²) >= 11 is 0. The zero-order valence-corrected chi connectivity index (χ0v) is 10.1. The third-order valence-electron chi connectivity index (χ3n) is 2.75. The van der Waals surface area contributed by atoms with Crippen molar-refractivity contribution in [3.05, 3.63) is 18.2 Å². The highest BCUT2D eigenvalue weighted by atomic mass is 16.4. The van der Waals surface area contributed by atoms with Gasteiger partial charge in [0.05, 0.1) is 12.0 Å². The van der Waals surface area contributed by atoms with Crippen molar-refractivity contribution >= 4 is 5.97 Å². The standard InChI is InChI=1S/C11H19N3O2/c1-4-10(11(15)16)13(3)7-9-6-12-8-14(9)5-2/h6,8,10H,4-5,7H2,1-3H3,(H,15,16). The molecule has 0 aromatic carbocycles. The van der Waals surface area contributed by atoms with E-state index in [9.17, 15) is 4.79 Å². The van der Waals surface area contributed by atoms with Gasteiger partial charge in [-0.05, 0) is 20.4 Å². The lowest BCUT2D eigenvalue weighted by Crippen LogP contribution is -2.37. The van der Waals surface area contributed by atoms with Crippen molar-refractivity contribution in [3.8, 4) is 0 Å². The average Bonchev–Trinajstić information content (AvgIpc) is 2.65. The van der Waals surface area contributed by atoms with Gasteiger partial charge in [0.25, 0.3) is 0 Å². The summed E-state index contributed by atoms with van der Waals surface area (Å²) in [6.07, 6.45) is 4.16. The molecule has 0 aliphatic carbocycles. The Kier molecular flexibility index (Phi) is 4.49. The van der Waals surface area contributed by atoms with E-state index in [2.05, 4.69) is 4.98 Å². The first-order valence-corrected chi connectivity index (χ1v) is 5.52. The van der Waals surface area contributed by atoms with E-state index in [0.29, 0.717) is 13.0 Å². The van der Waals surface area contributed by atoms with Crippen molar-refractivity contribution in [1.29, 1.82) is 0 Å². The maximum atomic E-state index is 11.0. The number of aliphatic carboxylic acids is 1. The Morgan fingerprint density at radius 1 is 1.62 bits per heavy atom. The first-order chi connectivity index (χ1) is 7.60. The number of carboxylic acid groups (broad SMARTS) is 1. The van der Waals surface area contributed by atoms with Crippen molar-refractivity contribution in [1.82, 2.24) is 14.5 Å². The molecular formula is C11H19N3O2. The summed E-state index contributed by atoms with van der Waals surface area (Å²) in [5, 5.41) is 9.03. The number of carboxylic acids is 1. The van der Waals surface area contributed by atoms with Crippen LogP contribution in [-0.2, 0) is 17.9 Å². The van der Waals surface area contributed by atoms with Crippen LogP contribution in [0.2, 0.25) is 0 Å². The van der Waals surface area contributed by atoms with Crippen LogP contribution in [0.5, 0.6) is 0 Å². The van der Waals surface area contributed by atoms with Gasteiger partial charge in [-0.15, -0.1) is 0 Å². The van der Waals surface area contributed by atoms with E-state index >= 15 is 0 Å². The smallest absolute Gasteiger partial charge is 0.320 e. The van der Waals surface area contributed by atoms with Crippen LogP contribution in [0.1, 0.15) is 26.0 Å². The minimum atomic E-state index is -0.771. The topological polar surface area (TPSA) is 58.4 Å². The molecular weight excluding hydrogens is 206 g/mol. The first kappa shape index (κ1) is 12.7. The molecule has 5 nitrogen and oxygen atoms in total. The van der Waals surface area contributed by atoms with Crippen molar-refractivity contribution in [2.45, 2.75) is 39.4 Å². The van der Waals surface area contributed by atoms with Gasteiger partial charge in [-0.1, -0.05) is 6.92 Å². The van der Waals surface area contributed by atoms with Crippen LogP contribution in [0.4, 0.5) is 0 Å². The van der Waals surface area contributed by atoms with Gasteiger partial charge in [-0.3, -0.25) is 9.69 Å². The van der Waals surface area contributed by atoms with Crippen molar-refractivity contribution in [2.24, 2.45) is 0 Å². The lowest BCUT2D eigenvalue weighted by Gasteiger charge is -2.23. The predicted octanol–water partition coefficient (Wildman–Crippen LogP) is 1.20. The fourth-order valence-corrected chi connectivity index (χ4v) is 1.81. The quantitative estimate of drug-likeness (QED) is 0.790. The maximum absolute atomic E-state index is 11.0. The summed E-state index contributed by atoms with van der Waals surface area (Å²) in [5.74, 6) is -0.771. The number of aryl methyl sites for hydroxylation is 1. The molecule has 1 aromatic heterocycles. The van der Waals surface area contributed by atoms with Crippen molar-refractivity contribution < 1.29 is 9.90 Å². The maximum Gasteiger partial charge on any atom is 0.320 e. The highest BCUT2D eigenvalue weighted by Gasteiger charge is 2.21. The third-order valence-corrected chi connectivity index (χ3v) is 2.75. The predicted molar refractivity (Wildman–Crippen MR) is 61.1 cm³/mol. The van der Waals surface area contributed by atoms with Crippen LogP contribution in [-0.4, -0.2) is 38.6 Å². The minimum Gasteiger partial charge on any atom is -0.480 e. The second-order valence-corrected chi connectivity index (χ2v) is 3.85. The zero-order chi connectivity index (χ0) is 12.1. The highest BCUT2D eigenvalue weighted by molar-refractivity contribution is 5.73. The Bertz CT molecular complexity index is 349. The molecule has 0 radical (unpaired) electrons. The molecule has 1 unspecified atom stereocenters. The van der Waals surface area contributed by atoms with Gasteiger partial charge in [0.15, 0.2) is 0 Å². The summed E-state index contributed by atoms with van der Waals surface area (Å²) in [7, 11) is 1.83. The number of likely N-dealkylation sites (N-methyl/N-ethyl adjacent to an activating group) is 1. The fourth-order valence-electron chi connectivity index (χ4n) is 1.81. The number of rotatable bonds is 6. The van der Waals surface area contributed by atoms with E-state index in [0.717, 1.165) is 12.2 Å². The van der Waals surface area contributed by atoms with Crippen LogP contribution >= 0.6 is 0 Å². The molecule has 90 valence electrons. The number of nitrogens with zero attached hydrogens (tertiary/aromatic N) is 3. The number of imidazole rings is 1. The number of hydrogen-bond donors (Lipinski definition) is 1. The van der Waals surface area contributed by atoms with Gasteiger partial charge in [0.2, 0.25) is 0 Å². The van der Waals surface area contributed by atoms with Gasteiger partial charge in [0.1, 0.15) is 6.04 Å². The summed E-state index contributed by atoms with van der Waals surface area (Å²) < 4.78 is 2.02. The van der Waals surface area contributed by atoms with Gasteiger partial charge >= 0.3 is 5.97 Å². The lowest BCUT2D eigenvalue weighted by molar-refractivity contribution is -0.143. The molecule has 5 heteroatoms. The minimum absolute atomic E-state index is 0.430. The molecule has 0 saturated carbocycles. The molecule has 0 aliphatic rings. The molecule has 1 aromatic rings. The molecule has 1 rings (SSSR count). The van der Waals surface area contributed by atoms with Crippen LogP contribution in [0.15, 0.2) is 12.5 Å². The molecule has 0 spiro atoms. The zero-order valence-electron chi connectivity index (χ0n) is 10.1. The van der Waals surface area contributed by atoms with Crippen LogP contribution in [0.25, 0.3) is 0 Å². The van der Waals surface area contributed by atoms with Crippen molar-refractivity contribution in [3.63, 3.8) is 0 Å². The van der Waals surface area contributed by atoms with Crippen molar-refractivity contribution in [2.75, 3.05) is 7.05 Å². The first-order valence-electron chi connectivity index (χ1n) is 5.52. The van der Waals surface area contributed by atoms with Gasteiger partial charge in [-0.25, -0.2) is 4.98 Å². The largest absolute Gasteiger partial charge is 0.480 e. The molecule has 0 fully saturated rings. The van der Waals surface area contributed by atoms with E-state index in [1.165, 1.54) is 0 Å². The van der Waals surface area contributed by atoms with Gasteiger partial charge in [-0.2, -0.15) is 0 Å². The van der Waals surface area contributed by atoms with Gasteiger partial charge < -0.3 is 9.67 Å². The lowest BCUT2D eigenvalue weighted by atomic mass is 10.2. The van der Waals surface area contributed by atoms with E-state index in [1.807, 2.05) is 30.4 Å². The Balaban J connectivity index is 2.69. The van der Waals surface area contributed by atoms with E-state index in [-0.39, 0.29) is 0 Å². The third kappa shape index (κ3) is 2.82. The fraction of sp³-hybridized carbons (Fsp3) is 0.636. The average molecular weight is 225 g/mol. The number of carbonyl (C=O) groups is 1. The SMILES string of the molecule is CCC(C(=O)O)N(C)Cc1cncn1CC. The molecule has 1 heterocycles. The Hall–Kier alpha value is -1.36. The number of aromatic nitrogens is 2. The Morgan fingerprint density at radius 2 is 2.31 bits per heavy atom. The normalized spacial score (nSPS) is 13.0. The molecule has 0 saturated heterocycles. The second-order valence-electron chi connectivity index (χ2n) is 3.85. The van der Waals surface area contributed by atoms with E-state index in [4.69, 9.17) is 5.11 Å². The molecule has 1 atom stereocenters. The van der Waals surface area contributed by atoms with Crippen LogP contribution in [0.3, 0.4) is 0 Å². The van der Waals surface area contributed by atoms with Gasteiger partial charge in [0, 0.05) is 19.3 Å². The summed E-state index contributed by atoms with van der Waals surface area (Å²) in [5.41, 5.74) is 1.05. The Labute approximate surface area is 95.7 Å². The molecule has 16 heavy (non-hydrogen) atoms. The second kappa shape index (κ2) is 5.65. The Morgan fingerprint density at radius 3 is 2.81 bits per heavy atom. The monoisotopic (exact) mass is 225 g/mol.